The maximum absolute atomic E-state index is 5.34. The Bertz CT molecular complexity index is 487. The summed E-state index contributed by atoms with van der Waals surface area (Å²) in [6.07, 6.45) is 2.69. The first-order chi connectivity index (χ1) is 11.8. The number of rotatable bonds is 9. The number of nitrogens with zero attached hydrogens (tertiary/aromatic N) is 2. The minimum atomic E-state index is 0. The number of benzene rings is 1. The van der Waals surface area contributed by atoms with Crippen LogP contribution in [-0.2, 0) is 17.8 Å². The number of guanidine groups is 1. The molecule has 0 spiro atoms. The van der Waals surface area contributed by atoms with E-state index in [4.69, 9.17) is 4.74 Å². The molecule has 142 valence electrons. The van der Waals surface area contributed by atoms with Crippen LogP contribution in [0.1, 0.15) is 37.8 Å². The molecule has 2 rings (SSSR count). The zero-order chi connectivity index (χ0) is 17.0. The Labute approximate surface area is 169 Å². The van der Waals surface area contributed by atoms with Crippen molar-refractivity contribution in [3.05, 3.63) is 35.4 Å². The summed E-state index contributed by atoms with van der Waals surface area (Å²) in [5, 5.41) is 6.56. The molecule has 25 heavy (non-hydrogen) atoms. The lowest BCUT2D eigenvalue weighted by Gasteiger charge is -2.14. The maximum atomic E-state index is 5.34. The Balaban J connectivity index is 0.00000312. The largest absolute Gasteiger partial charge is 0.380 e. The van der Waals surface area contributed by atoms with Crippen molar-refractivity contribution >= 4 is 29.9 Å². The van der Waals surface area contributed by atoms with Crippen molar-refractivity contribution in [2.45, 2.75) is 39.8 Å². The first-order valence-electron chi connectivity index (χ1n) is 9.22. The number of likely N-dealkylation sites (tertiary alicyclic amines) is 1. The molecule has 0 aliphatic carbocycles. The van der Waals surface area contributed by atoms with Gasteiger partial charge in [0.2, 0.25) is 0 Å². The zero-order valence-corrected chi connectivity index (χ0v) is 17.9. The van der Waals surface area contributed by atoms with E-state index in [1.54, 1.807) is 0 Å². The molecule has 1 aromatic carbocycles. The van der Waals surface area contributed by atoms with Crippen LogP contribution < -0.4 is 10.6 Å². The van der Waals surface area contributed by atoms with Gasteiger partial charge in [-0.05, 0) is 50.9 Å². The topological polar surface area (TPSA) is 48.9 Å². The van der Waals surface area contributed by atoms with E-state index in [-0.39, 0.29) is 24.0 Å². The number of hydrogen-bond donors (Lipinski definition) is 2. The molecule has 0 unspecified atom stereocenters. The van der Waals surface area contributed by atoms with Crippen molar-refractivity contribution in [1.82, 2.24) is 15.5 Å². The summed E-state index contributed by atoms with van der Waals surface area (Å²) >= 11 is 0. The van der Waals surface area contributed by atoms with Crippen LogP contribution in [0.15, 0.2) is 29.3 Å². The van der Waals surface area contributed by atoms with E-state index in [2.05, 4.69) is 51.7 Å². The van der Waals surface area contributed by atoms with Gasteiger partial charge in [0.1, 0.15) is 0 Å². The molecule has 0 aromatic heterocycles. The normalized spacial score (nSPS) is 15.0. The maximum Gasteiger partial charge on any atom is 0.191 e. The molecule has 0 radical (unpaired) electrons. The van der Waals surface area contributed by atoms with Gasteiger partial charge < -0.3 is 15.4 Å². The third kappa shape index (κ3) is 8.87. The van der Waals surface area contributed by atoms with Gasteiger partial charge >= 0.3 is 0 Å². The molecule has 1 fully saturated rings. The summed E-state index contributed by atoms with van der Waals surface area (Å²) in [5.74, 6) is 0.846. The highest BCUT2D eigenvalue weighted by Gasteiger charge is 2.11. The fourth-order valence-corrected chi connectivity index (χ4v) is 2.85. The highest BCUT2D eigenvalue weighted by Crippen LogP contribution is 2.13. The summed E-state index contributed by atoms with van der Waals surface area (Å²) in [7, 11) is 0. The average molecular weight is 460 g/mol. The molecule has 1 heterocycles. The van der Waals surface area contributed by atoms with Gasteiger partial charge in [-0.15, -0.1) is 24.0 Å². The lowest BCUT2D eigenvalue weighted by molar-refractivity contribution is 0.152. The summed E-state index contributed by atoms with van der Waals surface area (Å²) in [4.78, 5) is 7.17. The monoisotopic (exact) mass is 460 g/mol. The Kier molecular flexibility index (Phi) is 11.9. The number of aliphatic imine (C=N–C) groups is 1. The van der Waals surface area contributed by atoms with Crippen LogP contribution in [0.5, 0.6) is 0 Å². The fourth-order valence-electron chi connectivity index (χ4n) is 2.85. The second-order valence-electron chi connectivity index (χ2n) is 6.12. The second kappa shape index (κ2) is 13.4. The van der Waals surface area contributed by atoms with Crippen LogP contribution in [0, 0.1) is 0 Å². The van der Waals surface area contributed by atoms with Crippen LogP contribution in [0.4, 0.5) is 0 Å². The van der Waals surface area contributed by atoms with Gasteiger partial charge in [-0.2, -0.15) is 0 Å². The highest BCUT2D eigenvalue weighted by atomic mass is 127. The van der Waals surface area contributed by atoms with Crippen LogP contribution in [0.3, 0.4) is 0 Å². The van der Waals surface area contributed by atoms with E-state index in [0.717, 1.165) is 32.2 Å². The Morgan fingerprint density at radius 2 is 1.76 bits per heavy atom. The highest BCUT2D eigenvalue weighted by molar-refractivity contribution is 14.0. The van der Waals surface area contributed by atoms with Crippen molar-refractivity contribution in [2.75, 3.05) is 39.4 Å². The molecular formula is C19H33IN4O. The van der Waals surface area contributed by atoms with Gasteiger partial charge in [0.25, 0.3) is 0 Å². The number of ether oxygens (including phenoxy) is 1. The molecule has 0 bridgehead atoms. The lowest BCUT2D eigenvalue weighted by Crippen LogP contribution is -2.39. The third-order valence-corrected chi connectivity index (χ3v) is 4.13. The van der Waals surface area contributed by atoms with Gasteiger partial charge in [-0.1, -0.05) is 24.3 Å². The van der Waals surface area contributed by atoms with Crippen molar-refractivity contribution < 1.29 is 4.74 Å². The quantitative estimate of drug-likeness (QED) is 0.258. The molecule has 0 amide bonds. The Morgan fingerprint density at radius 1 is 1.08 bits per heavy atom. The summed E-state index contributed by atoms with van der Waals surface area (Å²) in [5.41, 5.74) is 2.63. The SMILES string of the molecule is CCNC(=NCc1ccc(CN2CCCC2)cc1)NCCOCC.I. The minimum Gasteiger partial charge on any atom is -0.380 e. The number of hydrogen-bond acceptors (Lipinski definition) is 3. The van der Waals surface area contributed by atoms with Gasteiger partial charge in [0, 0.05) is 26.2 Å². The van der Waals surface area contributed by atoms with E-state index in [1.165, 1.54) is 37.1 Å². The summed E-state index contributed by atoms with van der Waals surface area (Å²) < 4.78 is 5.34. The van der Waals surface area contributed by atoms with Crippen LogP contribution >= 0.6 is 24.0 Å². The van der Waals surface area contributed by atoms with Crippen molar-refractivity contribution in [3.8, 4) is 0 Å². The van der Waals surface area contributed by atoms with Crippen molar-refractivity contribution in [1.29, 1.82) is 0 Å². The number of halogens is 1. The molecule has 1 aromatic rings. The molecule has 2 N–H and O–H groups in total. The molecule has 0 atom stereocenters. The molecule has 1 aliphatic rings. The predicted octanol–water partition coefficient (Wildman–Crippen LogP) is 2.99. The van der Waals surface area contributed by atoms with Gasteiger partial charge in [0.05, 0.1) is 13.2 Å². The van der Waals surface area contributed by atoms with E-state index < -0.39 is 0 Å². The third-order valence-electron chi connectivity index (χ3n) is 4.13. The van der Waals surface area contributed by atoms with Gasteiger partial charge in [-0.25, -0.2) is 4.99 Å². The van der Waals surface area contributed by atoms with E-state index >= 15 is 0 Å². The van der Waals surface area contributed by atoms with E-state index in [9.17, 15) is 0 Å². The van der Waals surface area contributed by atoms with Crippen LogP contribution in [0.25, 0.3) is 0 Å². The summed E-state index contributed by atoms with van der Waals surface area (Å²) in [6, 6.07) is 8.86. The average Bonchev–Trinajstić information content (AvgIpc) is 3.11. The fraction of sp³-hybridized carbons (Fsp3) is 0.632. The smallest absolute Gasteiger partial charge is 0.191 e. The van der Waals surface area contributed by atoms with E-state index in [0.29, 0.717) is 13.2 Å². The van der Waals surface area contributed by atoms with Gasteiger partial charge in [0.15, 0.2) is 5.96 Å². The molecular weight excluding hydrogens is 427 g/mol. The van der Waals surface area contributed by atoms with Gasteiger partial charge in [-0.3, -0.25) is 4.90 Å². The van der Waals surface area contributed by atoms with Crippen LogP contribution in [0.2, 0.25) is 0 Å². The van der Waals surface area contributed by atoms with E-state index in [1.807, 2.05) is 6.92 Å². The van der Waals surface area contributed by atoms with Crippen molar-refractivity contribution in [3.63, 3.8) is 0 Å². The van der Waals surface area contributed by atoms with Crippen LogP contribution in [-0.4, -0.2) is 50.3 Å². The second-order valence-corrected chi connectivity index (χ2v) is 6.12. The zero-order valence-electron chi connectivity index (χ0n) is 15.6. The predicted molar refractivity (Wildman–Crippen MR) is 116 cm³/mol. The molecule has 5 nitrogen and oxygen atoms in total. The van der Waals surface area contributed by atoms with Crippen molar-refractivity contribution in [2.24, 2.45) is 4.99 Å². The Morgan fingerprint density at radius 3 is 2.40 bits per heavy atom. The summed E-state index contributed by atoms with van der Waals surface area (Å²) in [6.45, 7) is 11.4. The molecule has 1 saturated heterocycles. The first-order valence-corrected chi connectivity index (χ1v) is 9.22. The number of nitrogens with one attached hydrogen (secondary N) is 2. The molecule has 1 aliphatic heterocycles. The lowest BCUT2D eigenvalue weighted by atomic mass is 10.1. The minimum absolute atomic E-state index is 0. The molecule has 6 heteroatoms. The molecule has 0 saturated carbocycles. The first kappa shape index (κ1) is 22.2. The standard InChI is InChI=1S/C19H32N4O.HI/c1-3-20-19(21-11-14-24-4-2)22-15-17-7-9-18(10-8-17)16-23-12-5-6-13-23;/h7-10H,3-6,11-16H2,1-2H3,(H2,20,21,22);1H. The Hall–Kier alpha value is -0.860.